The number of Topliss-reactive ketones (excluding diaryl/α,β-unsaturated/α-hetero) is 1. The van der Waals surface area contributed by atoms with E-state index < -0.39 is 41.3 Å². The molecular weight excluding hydrogens is 402 g/mol. The third kappa shape index (κ3) is 4.35. The van der Waals surface area contributed by atoms with Crippen molar-refractivity contribution in [3.63, 3.8) is 0 Å². The Kier molecular flexibility index (Phi) is 6.54. The Morgan fingerprint density at radius 2 is 1.83 bits per heavy atom. The van der Waals surface area contributed by atoms with Gasteiger partial charge in [0.15, 0.2) is 11.8 Å². The molecule has 158 valence electrons. The van der Waals surface area contributed by atoms with Gasteiger partial charge in [0.1, 0.15) is 5.75 Å². The van der Waals surface area contributed by atoms with Crippen molar-refractivity contribution < 1.29 is 28.7 Å². The molecule has 1 aliphatic rings. The number of nitrogens with zero attached hydrogens (tertiary/aromatic N) is 2. The molecule has 4 amide bonds. The molecule has 1 fully saturated rings. The number of hydrogen-bond acceptors (Lipinski definition) is 6. The van der Waals surface area contributed by atoms with Crippen molar-refractivity contribution in [2.24, 2.45) is 5.41 Å². The van der Waals surface area contributed by atoms with E-state index in [0.717, 1.165) is 4.90 Å². The molecule has 2 atom stereocenters. The molecule has 0 aliphatic carbocycles. The van der Waals surface area contributed by atoms with Gasteiger partial charge < -0.3 is 14.8 Å². The molecule has 1 aromatic rings. The van der Waals surface area contributed by atoms with Gasteiger partial charge in [0.2, 0.25) is 6.23 Å². The van der Waals surface area contributed by atoms with Crippen molar-refractivity contribution in [3.05, 3.63) is 23.2 Å². The number of anilines is 1. The molecule has 0 bridgehead atoms. The zero-order chi connectivity index (χ0) is 22.1. The van der Waals surface area contributed by atoms with E-state index in [0.29, 0.717) is 15.7 Å². The normalized spacial score (nSPS) is 18.1. The van der Waals surface area contributed by atoms with Gasteiger partial charge in [0.25, 0.3) is 11.8 Å². The summed E-state index contributed by atoms with van der Waals surface area (Å²) < 4.78 is 10.2. The highest BCUT2D eigenvalue weighted by Crippen LogP contribution is 2.30. The average Bonchev–Trinajstić information content (AvgIpc) is 2.84. The zero-order valence-electron chi connectivity index (χ0n) is 17.1. The fourth-order valence-corrected chi connectivity index (χ4v) is 3.06. The number of ketones is 1. The molecule has 0 radical (unpaired) electrons. The number of methoxy groups -OCH3 is 2. The molecule has 1 heterocycles. The van der Waals surface area contributed by atoms with E-state index >= 15 is 0 Å². The number of ether oxygens (including phenoxy) is 2. The molecule has 9 nitrogen and oxygen atoms in total. The zero-order valence-corrected chi connectivity index (χ0v) is 17.9. The summed E-state index contributed by atoms with van der Waals surface area (Å²) in [4.78, 5) is 53.2. The maximum atomic E-state index is 13.1. The first-order chi connectivity index (χ1) is 13.4. The van der Waals surface area contributed by atoms with Gasteiger partial charge in [-0.2, -0.15) is 0 Å². The number of rotatable bonds is 6. The summed E-state index contributed by atoms with van der Waals surface area (Å²) in [5, 5.41) is 2.87. The quantitative estimate of drug-likeness (QED) is 0.553. The van der Waals surface area contributed by atoms with E-state index in [9.17, 15) is 19.2 Å². The highest BCUT2D eigenvalue weighted by Gasteiger charge is 2.52. The van der Waals surface area contributed by atoms with E-state index in [1.54, 1.807) is 32.9 Å². The number of likely N-dealkylation sites (N-methyl/N-ethyl adjacent to an activating group) is 1. The highest BCUT2D eigenvalue weighted by atomic mass is 35.5. The standard InChI is InChI=1S/C19H24ClN3O6/c1-19(2,3)14(24)13(23-16(26)17(29-6)22(4)18(23)27)15(25)21-11-9-10(20)7-8-12(11)28-5/h7-9,13,17H,1-6H3,(H,21,25). The minimum Gasteiger partial charge on any atom is -0.495 e. The summed E-state index contributed by atoms with van der Waals surface area (Å²) in [7, 11) is 4.01. The Bertz CT molecular complexity index is 851. The lowest BCUT2D eigenvalue weighted by atomic mass is 9.85. The summed E-state index contributed by atoms with van der Waals surface area (Å²) in [6, 6.07) is 2.05. The summed E-state index contributed by atoms with van der Waals surface area (Å²) in [6.07, 6.45) is -1.22. The van der Waals surface area contributed by atoms with E-state index in [1.165, 1.54) is 27.3 Å². The summed E-state index contributed by atoms with van der Waals surface area (Å²) >= 11 is 5.99. The Morgan fingerprint density at radius 3 is 2.31 bits per heavy atom. The van der Waals surface area contributed by atoms with Crippen molar-refractivity contribution in [2.75, 3.05) is 26.6 Å². The number of amides is 4. The van der Waals surface area contributed by atoms with Crippen LogP contribution in [0.1, 0.15) is 20.8 Å². The van der Waals surface area contributed by atoms with Gasteiger partial charge >= 0.3 is 6.03 Å². The Morgan fingerprint density at radius 1 is 1.21 bits per heavy atom. The van der Waals surface area contributed by atoms with Crippen molar-refractivity contribution >= 4 is 40.9 Å². The van der Waals surface area contributed by atoms with Gasteiger partial charge in [-0.3, -0.25) is 19.3 Å². The van der Waals surface area contributed by atoms with Crippen molar-refractivity contribution in [1.82, 2.24) is 9.80 Å². The van der Waals surface area contributed by atoms with Gasteiger partial charge in [-0.15, -0.1) is 0 Å². The molecule has 29 heavy (non-hydrogen) atoms. The first-order valence-electron chi connectivity index (χ1n) is 8.75. The fraction of sp³-hybridized carbons (Fsp3) is 0.474. The molecular formula is C19H24ClN3O6. The first-order valence-corrected chi connectivity index (χ1v) is 9.13. The Labute approximate surface area is 173 Å². The molecule has 0 saturated carbocycles. The topological polar surface area (TPSA) is 105 Å². The van der Waals surface area contributed by atoms with Crippen LogP contribution in [-0.2, 0) is 19.1 Å². The minimum absolute atomic E-state index is 0.201. The van der Waals surface area contributed by atoms with Crippen LogP contribution in [0.5, 0.6) is 5.75 Å². The SMILES string of the molecule is COc1ccc(Cl)cc1NC(=O)C(C(=O)C(C)(C)C)N1C(=O)C(OC)N(C)C1=O. The van der Waals surface area contributed by atoms with Crippen molar-refractivity contribution in [2.45, 2.75) is 33.0 Å². The number of carbonyl (C=O) groups is 4. The fourth-order valence-electron chi connectivity index (χ4n) is 2.89. The predicted molar refractivity (Wildman–Crippen MR) is 106 cm³/mol. The van der Waals surface area contributed by atoms with Crippen LogP contribution in [0, 0.1) is 5.41 Å². The lowest BCUT2D eigenvalue weighted by molar-refractivity contribution is -0.148. The number of nitrogens with one attached hydrogen (secondary N) is 1. The van der Waals surface area contributed by atoms with Crippen LogP contribution < -0.4 is 10.1 Å². The lowest BCUT2D eigenvalue weighted by Crippen LogP contribution is -2.55. The average molecular weight is 426 g/mol. The number of halogens is 1. The molecule has 0 aromatic heterocycles. The van der Waals surface area contributed by atoms with Crippen LogP contribution in [0.15, 0.2) is 18.2 Å². The molecule has 1 saturated heterocycles. The highest BCUT2D eigenvalue weighted by molar-refractivity contribution is 6.31. The van der Waals surface area contributed by atoms with E-state index in [-0.39, 0.29) is 5.69 Å². The maximum Gasteiger partial charge on any atom is 0.330 e. The molecule has 2 rings (SSSR count). The number of carbonyl (C=O) groups excluding carboxylic acids is 4. The molecule has 10 heteroatoms. The Hall–Kier alpha value is -2.65. The van der Waals surface area contributed by atoms with Crippen LogP contribution in [-0.4, -0.2) is 67.0 Å². The van der Waals surface area contributed by atoms with Gasteiger partial charge in [0.05, 0.1) is 12.8 Å². The Balaban J connectivity index is 2.48. The second-order valence-corrected chi connectivity index (χ2v) is 7.98. The summed E-state index contributed by atoms with van der Waals surface area (Å²) in [5.74, 6) is -1.97. The maximum absolute atomic E-state index is 13.1. The van der Waals surface area contributed by atoms with Gasteiger partial charge in [-0.25, -0.2) is 9.69 Å². The van der Waals surface area contributed by atoms with Crippen LogP contribution >= 0.6 is 11.6 Å². The largest absolute Gasteiger partial charge is 0.495 e. The molecule has 1 aliphatic heterocycles. The van der Waals surface area contributed by atoms with Crippen molar-refractivity contribution in [3.8, 4) is 5.75 Å². The number of imide groups is 1. The predicted octanol–water partition coefficient (Wildman–Crippen LogP) is 2.14. The third-order valence-corrected chi connectivity index (χ3v) is 4.68. The van der Waals surface area contributed by atoms with E-state index in [2.05, 4.69) is 5.32 Å². The third-order valence-electron chi connectivity index (χ3n) is 4.45. The van der Waals surface area contributed by atoms with E-state index in [4.69, 9.17) is 21.1 Å². The second-order valence-electron chi connectivity index (χ2n) is 7.54. The number of urea groups is 1. The summed E-state index contributed by atoms with van der Waals surface area (Å²) in [6.45, 7) is 4.79. The minimum atomic E-state index is -1.69. The lowest BCUT2D eigenvalue weighted by Gasteiger charge is -2.29. The van der Waals surface area contributed by atoms with Crippen LogP contribution in [0.4, 0.5) is 10.5 Å². The van der Waals surface area contributed by atoms with Crippen LogP contribution in [0.2, 0.25) is 5.02 Å². The smallest absolute Gasteiger partial charge is 0.330 e. The number of hydrogen-bond donors (Lipinski definition) is 1. The van der Waals surface area contributed by atoms with E-state index in [1.807, 2.05) is 0 Å². The van der Waals surface area contributed by atoms with Crippen LogP contribution in [0.25, 0.3) is 0 Å². The molecule has 1 N–H and O–H groups in total. The molecule has 0 spiro atoms. The first kappa shape index (κ1) is 22.6. The second kappa shape index (κ2) is 8.38. The summed E-state index contributed by atoms with van der Waals surface area (Å²) in [5.41, 5.74) is -0.808. The van der Waals surface area contributed by atoms with Gasteiger partial charge in [-0.05, 0) is 18.2 Å². The molecule has 1 aromatic carbocycles. The van der Waals surface area contributed by atoms with Crippen molar-refractivity contribution in [1.29, 1.82) is 0 Å². The van der Waals surface area contributed by atoms with Crippen LogP contribution in [0.3, 0.4) is 0 Å². The molecule has 2 unspecified atom stereocenters. The van der Waals surface area contributed by atoms with Gasteiger partial charge in [0, 0.05) is 24.6 Å². The number of benzene rings is 1. The monoisotopic (exact) mass is 425 g/mol. The van der Waals surface area contributed by atoms with Gasteiger partial charge in [-0.1, -0.05) is 32.4 Å².